The first-order valence-corrected chi connectivity index (χ1v) is 6.82. The van der Waals surface area contributed by atoms with Crippen LogP contribution in [0, 0.1) is 5.41 Å². The van der Waals surface area contributed by atoms with Crippen LogP contribution in [0.15, 0.2) is 42.5 Å². The van der Waals surface area contributed by atoms with Crippen LogP contribution in [0.3, 0.4) is 0 Å². The van der Waals surface area contributed by atoms with Crippen LogP contribution in [0.1, 0.15) is 18.9 Å². The molecule has 1 aliphatic carbocycles. The van der Waals surface area contributed by atoms with Gasteiger partial charge in [0.1, 0.15) is 0 Å². The number of likely N-dealkylation sites (tertiary alicyclic amines) is 1. The van der Waals surface area contributed by atoms with Crippen LogP contribution in [0.25, 0.3) is 10.8 Å². The fraction of sp³-hybridized carbons (Fsp3) is 0.412. The smallest absolute Gasteiger partial charge is 0.0158 e. The van der Waals surface area contributed by atoms with E-state index in [1.807, 2.05) is 0 Å². The molecule has 2 aromatic rings. The Morgan fingerprint density at radius 1 is 1.00 bits per heavy atom. The molecule has 1 heteroatoms. The Morgan fingerprint density at radius 2 is 1.78 bits per heavy atom. The number of likely N-dealkylation sites (N-methyl/N-ethyl adjacent to an activating group) is 1. The number of piperidine rings is 1. The molecule has 0 bridgehead atoms. The molecule has 2 aliphatic rings. The molecule has 1 nitrogen and oxygen atoms in total. The average Bonchev–Trinajstić information content (AvgIpc) is 2.83. The van der Waals surface area contributed by atoms with Crippen molar-refractivity contribution >= 4 is 10.8 Å². The van der Waals surface area contributed by atoms with Gasteiger partial charge >= 0.3 is 0 Å². The summed E-state index contributed by atoms with van der Waals surface area (Å²) in [6, 6.07) is 15.6. The number of nitrogens with zero attached hydrogens (tertiary/aromatic N) is 1. The molecule has 1 saturated heterocycles. The summed E-state index contributed by atoms with van der Waals surface area (Å²) in [7, 11) is 2.25. The molecule has 1 saturated carbocycles. The molecule has 0 radical (unpaired) electrons. The number of hydrogen-bond acceptors (Lipinski definition) is 1. The van der Waals surface area contributed by atoms with E-state index in [0.29, 0.717) is 10.8 Å². The molecular formula is C17H19N. The summed E-state index contributed by atoms with van der Waals surface area (Å²) in [5, 5.41) is 2.84. The van der Waals surface area contributed by atoms with Crippen molar-refractivity contribution < 1.29 is 0 Å². The molecular weight excluding hydrogens is 218 g/mol. The summed E-state index contributed by atoms with van der Waals surface area (Å²) < 4.78 is 0. The SMILES string of the molecule is CN1C[C@]2(C)C[C@]2(c2cccc3ccccc23)C1. The zero-order valence-electron chi connectivity index (χ0n) is 11.1. The number of benzene rings is 2. The van der Waals surface area contributed by atoms with E-state index in [4.69, 9.17) is 0 Å². The van der Waals surface area contributed by atoms with Gasteiger partial charge in [0.05, 0.1) is 0 Å². The zero-order chi connectivity index (χ0) is 12.4. The molecule has 1 heterocycles. The van der Waals surface area contributed by atoms with Crippen LogP contribution in [0.2, 0.25) is 0 Å². The minimum atomic E-state index is 0.419. The van der Waals surface area contributed by atoms with Crippen molar-refractivity contribution in [1.82, 2.24) is 4.90 Å². The maximum atomic E-state index is 2.49. The van der Waals surface area contributed by atoms with E-state index in [0.717, 1.165) is 0 Å². The highest BCUT2D eigenvalue weighted by molar-refractivity contribution is 5.87. The second-order valence-electron chi connectivity index (χ2n) is 6.52. The minimum absolute atomic E-state index is 0.419. The van der Waals surface area contributed by atoms with Crippen molar-refractivity contribution in [2.45, 2.75) is 18.8 Å². The molecule has 0 unspecified atom stereocenters. The Morgan fingerprint density at radius 3 is 2.56 bits per heavy atom. The lowest BCUT2D eigenvalue weighted by Crippen LogP contribution is -2.22. The first-order valence-electron chi connectivity index (χ1n) is 6.82. The molecule has 0 aromatic heterocycles. The lowest BCUT2D eigenvalue weighted by Gasteiger charge is -2.19. The Kier molecular flexibility index (Phi) is 1.85. The molecule has 0 N–H and O–H groups in total. The molecule has 2 aromatic carbocycles. The van der Waals surface area contributed by atoms with E-state index in [1.54, 1.807) is 5.56 Å². The van der Waals surface area contributed by atoms with Crippen molar-refractivity contribution in [3.8, 4) is 0 Å². The molecule has 2 atom stereocenters. The summed E-state index contributed by atoms with van der Waals surface area (Å²) in [6.07, 6.45) is 1.36. The predicted molar refractivity (Wildman–Crippen MR) is 75.8 cm³/mol. The maximum absolute atomic E-state index is 2.49. The van der Waals surface area contributed by atoms with Crippen LogP contribution in [0.5, 0.6) is 0 Å². The fourth-order valence-corrected chi connectivity index (χ4v) is 4.34. The second kappa shape index (κ2) is 3.16. The van der Waals surface area contributed by atoms with Gasteiger partial charge in [-0.25, -0.2) is 0 Å². The van der Waals surface area contributed by atoms with Gasteiger partial charge in [0.15, 0.2) is 0 Å². The summed E-state index contributed by atoms with van der Waals surface area (Å²) in [6.45, 7) is 4.92. The van der Waals surface area contributed by atoms with Crippen LogP contribution in [0.4, 0.5) is 0 Å². The van der Waals surface area contributed by atoms with Crippen molar-refractivity contribution in [3.63, 3.8) is 0 Å². The summed E-state index contributed by atoms with van der Waals surface area (Å²) >= 11 is 0. The number of hydrogen-bond donors (Lipinski definition) is 0. The molecule has 1 aliphatic heterocycles. The van der Waals surface area contributed by atoms with Gasteiger partial charge < -0.3 is 4.90 Å². The quantitative estimate of drug-likeness (QED) is 0.734. The highest BCUT2D eigenvalue weighted by atomic mass is 15.2. The number of fused-ring (bicyclic) bond motifs is 2. The van der Waals surface area contributed by atoms with Crippen LogP contribution in [-0.2, 0) is 5.41 Å². The van der Waals surface area contributed by atoms with E-state index in [-0.39, 0.29) is 0 Å². The summed E-state index contributed by atoms with van der Waals surface area (Å²) in [5.74, 6) is 0. The molecule has 18 heavy (non-hydrogen) atoms. The summed E-state index contributed by atoms with van der Waals surface area (Å²) in [5.41, 5.74) is 2.50. The van der Waals surface area contributed by atoms with Gasteiger partial charge in [0.2, 0.25) is 0 Å². The molecule has 4 rings (SSSR count). The van der Waals surface area contributed by atoms with Gasteiger partial charge in [-0.2, -0.15) is 0 Å². The second-order valence-corrected chi connectivity index (χ2v) is 6.52. The number of rotatable bonds is 1. The third kappa shape index (κ3) is 1.16. The predicted octanol–water partition coefficient (Wildman–Crippen LogP) is 3.43. The van der Waals surface area contributed by atoms with Crippen LogP contribution < -0.4 is 0 Å². The molecule has 0 spiro atoms. The highest BCUT2D eigenvalue weighted by Crippen LogP contribution is 2.69. The van der Waals surface area contributed by atoms with Crippen LogP contribution in [-0.4, -0.2) is 25.0 Å². The first kappa shape index (κ1) is 10.6. The van der Waals surface area contributed by atoms with Gasteiger partial charge in [-0.1, -0.05) is 49.4 Å². The van der Waals surface area contributed by atoms with Crippen molar-refractivity contribution in [1.29, 1.82) is 0 Å². The van der Waals surface area contributed by atoms with E-state index in [2.05, 4.69) is 61.3 Å². The third-order valence-electron chi connectivity index (χ3n) is 5.19. The monoisotopic (exact) mass is 237 g/mol. The zero-order valence-corrected chi connectivity index (χ0v) is 11.1. The molecule has 2 fully saturated rings. The van der Waals surface area contributed by atoms with Gasteiger partial charge in [0, 0.05) is 18.5 Å². The largest absolute Gasteiger partial charge is 0.305 e. The van der Waals surface area contributed by atoms with E-state index in [1.165, 1.54) is 30.3 Å². The first-order chi connectivity index (χ1) is 8.65. The van der Waals surface area contributed by atoms with E-state index >= 15 is 0 Å². The average molecular weight is 237 g/mol. The minimum Gasteiger partial charge on any atom is -0.305 e. The Hall–Kier alpha value is -1.34. The van der Waals surface area contributed by atoms with Gasteiger partial charge in [-0.3, -0.25) is 0 Å². The lowest BCUT2D eigenvalue weighted by atomic mass is 9.86. The highest BCUT2D eigenvalue weighted by Gasteiger charge is 2.69. The standard InChI is InChI=1S/C17H19N/c1-16-10-17(16,12-18(2)11-16)15-9-5-7-13-6-3-4-8-14(13)15/h3-9H,10-12H2,1-2H3/t16-,17+/m0/s1. The van der Waals surface area contributed by atoms with Gasteiger partial charge in [-0.15, -0.1) is 0 Å². The molecule has 92 valence electrons. The fourth-order valence-electron chi connectivity index (χ4n) is 4.34. The van der Waals surface area contributed by atoms with Crippen molar-refractivity contribution in [2.24, 2.45) is 5.41 Å². The molecule has 0 amide bonds. The third-order valence-corrected chi connectivity index (χ3v) is 5.19. The van der Waals surface area contributed by atoms with Gasteiger partial charge in [0.25, 0.3) is 0 Å². The van der Waals surface area contributed by atoms with Crippen molar-refractivity contribution in [2.75, 3.05) is 20.1 Å². The Bertz CT molecular complexity index is 627. The topological polar surface area (TPSA) is 3.24 Å². The van der Waals surface area contributed by atoms with E-state index < -0.39 is 0 Å². The Balaban J connectivity index is 1.95. The maximum Gasteiger partial charge on any atom is 0.0158 e. The normalized spacial score (nSPS) is 34.8. The Labute approximate surface area is 108 Å². The van der Waals surface area contributed by atoms with Crippen molar-refractivity contribution in [3.05, 3.63) is 48.0 Å². The van der Waals surface area contributed by atoms with Crippen LogP contribution >= 0.6 is 0 Å². The van der Waals surface area contributed by atoms with Gasteiger partial charge in [-0.05, 0) is 35.2 Å². The summed E-state index contributed by atoms with van der Waals surface area (Å²) in [4.78, 5) is 2.49. The lowest BCUT2D eigenvalue weighted by molar-refractivity contribution is 0.343. The van der Waals surface area contributed by atoms with E-state index in [9.17, 15) is 0 Å².